The highest BCUT2D eigenvalue weighted by atomic mass is 35.5. The van der Waals surface area contributed by atoms with Gasteiger partial charge in [-0.15, -0.1) is 0 Å². The molecule has 3 saturated carbocycles. The van der Waals surface area contributed by atoms with Gasteiger partial charge in [0.05, 0.1) is 0 Å². The number of fused-ring (bicyclic) bond motifs is 7. The third kappa shape index (κ3) is 1.73. The summed E-state index contributed by atoms with van der Waals surface area (Å²) in [6.45, 7) is 13.0. The second-order valence-electron chi connectivity index (χ2n) is 11.7. The molecular weight excluding hydrogens is 384 g/mol. The molecule has 1 N–H and O–H groups in total. The zero-order valence-corrected chi connectivity index (χ0v) is 19.2. The Morgan fingerprint density at radius 3 is 2.24 bits per heavy atom. The maximum atomic E-state index is 12.6. The second-order valence-corrected chi connectivity index (χ2v) is 12.1. The zero-order valence-electron chi connectivity index (χ0n) is 18.5. The van der Waals surface area contributed by atoms with Crippen molar-refractivity contribution in [3.63, 3.8) is 0 Å². The van der Waals surface area contributed by atoms with Crippen LogP contribution in [0.2, 0.25) is 0 Å². The summed E-state index contributed by atoms with van der Waals surface area (Å²) in [5.41, 5.74) is -1.58. The van der Waals surface area contributed by atoms with Gasteiger partial charge in [-0.2, -0.15) is 0 Å². The van der Waals surface area contributed by atoms with Crippen LogP contribution in [0.1, 0.15) is 73.6 Å². The summed E-state index contributed by atoms with van der Waals surface area (Å²) in [5.74, 6) is 0.619. The summed E-state index contributed by atoms with van der Waals surface area (Å²) in [4.78, 5) is 25.2. The van der Waals surface area contributed by atoms with Gasteiger partial charge >= 0.3 is 0 Å². The lowest BCUT2D eigenvalue weighted by Gasteiger charge is -2.72. The molecule has 5 aliphatic carbocycles. The normalized spacial score (nSPS) is 57.7. The Morgan fingerprint density at radius 1 is 1.03 bits per heavy atom. The fourth-order valence-electron chi connectivity index (χ4n) is 8.91. The van der Waals surface area contributed by atoms with Gasteiger partial charge in [-0.05, 0) is 72.8 Å². The van der Waals surface area contributed by atoms with Crippen molar-refractivity contribution < 1.29 is 14.7 Å². The van der Waals surface area contributed by atoms with Gasteiger partial charge in [0.2, 0.25) is 0 Å². The predicted molar refractivity (Wildman–Crippen MR) is 113 cm³/mol. The first kappa shape index (κ1) is 20.0. The number of Topliss-reactive ketones (excluding diaryl/α,β-unsaturated/α-hetero) is 1. The van der Waals surface area contributed by atoms with E-state index in [9.17, 15) is 14.7 Å². The monoisotopic (exact) mass is 416 g/mol. The Labute approximate surface area is 179 Å². The molecule has 29 heavy (non-hydrogen) atoms. The number of hydrogen-bond acceptors (Lipinski definition) is 3. The van der Waals surface area contributed by atoms with Gasteiger partial charge in [-0.25, -0.2) is 0 Å². The number of ketones is 2. The van der Waals surface area contributed by atoms with Crippen LogP contribution in [0.5, 0.6) is 0 Å². The van der Waals surface area contributed by atoms with E-state index in [-0.39, 0.29) is 39.1 Å². The van der Waals surface area contributed by atoms with E-state index >= 15 is 0 Å². The van der Waals surface area contributed by atoms with Crippen LogP contribution in [0, 0.1) is 38.9 Å². The van der Waals surface area contributed by atoms with Crippen molar-refractivity contribution in [3.8, 4) is 0 Å². The summed E-state index contributed by atoms with van der Waals surface area (Å²) >= 11 is 6.94. The van der Waals surface area contributed by atoms with E-state index in [0.29, 0.717) is 17.4 Å². The summed E-state index contributed by atoms with van der Waals surface area (Å²) < 4.78 is 0. The Morgan fingerprint density at radius 2 is 1.62 bits per heavy atom. The number of carbonyl (C=O) groups is 2. The Hall–Kier alpha value is -0.930. The zero-order chi connectivity index (χ0) is 21.4. The van der Waals surface area contributed by atoms with Crippen molar-refractivity contribution in [2.75, 3.05) is 0 Å². The molecule has 5 aliphatic rings. The standard InChI is InChI=1S/C25H33ClO3/c1-14(27)25(29)10-9-20(2)22(25,4)8-7-21(3)23(20,5)13-18(26)17-12-19(28)15-11-16(15)24(17,21)6/h12-13,15-16,29H,7-11H2,1-6H3/t15-,16+,20-,21+,22+,23+,24-,25+/m1/s1. The molecule has 158 valence electrons. The lowest BCUT2D eigenvalue weighted by Crippen LogP contribution is -2.69. The summed E-state index contributed by atoms with van der Waals surface area (Å²) in [7, 11) is 0. The number of aliphatic hydroxyl groups is 1. The van der Waals surface area contributed by atoms with Gasteiger partial charge in [0.15, 0.2) is 11.6 Å². The second kappa shape index (κ2) is 5.10. The summed E-state index contributed by atoms with van der Waals surface area (Å²) in [6, 6.07) is 0. The highest BCUT2D eigenvalue weighted by Gasteiger charge is 2.80. The topological polar surface area (TPSA) is 54.4 Å². The molecule has 0 aromatic carbocycles. The number of hydrogen-bond donors (Lipinski definition) is 1. The summed E-state index contributed by atoms with van der Waals surface area (Å²) in [5, 5.41) is 12.3. The molecule has 0 aromatic rings. The minimum atomic E-state index is -1.28. The molecular formula is C25H33ClO3. The van der Waals surface area contributed by atoms with Crippen LogP contribution >= 0.6 is 11.6 Å². The van der Waals surface area contributed by atoms with E-state index in [4.69, 9.17) is 11.6 Å². The van der Waals surface area contributed by atoms with E-state index < -0.39 is 11.0 Å². The summed E-state index contributed by atoms with van der Waals surface area (Å²) in [6.07, 6.45) is 8.01. The van der Waals surface area contributed by atoms with Gasteiger partial charge in [0.1, 0.15) is 5.60 Å². The van der Waals surface area contributed by atoms with Gasteiger partial charge < -0.3 is 5.11 Å². The minimum Gasteiger partial charge on any atom is -0.381 e. The fraction of sp³-hybridized carbons (Fsp3) is 0.760. The lowest BCUT2D eigenvalue weighted by atomic mass is 9.31. The molecule has 3 fully saturated rings. The van der Waals surface area contributed by atoms with Gasteiger partial charge in [0.25, 0.3) is 0 Å². The molecule has 3 nitrogen and oxygen atoms in total. The quantitative estimate of drug-likeness (QED) is 0.638. The van der Waals surface area contributed by atoms with Crippen LogP contribution in [0.25, 0.3) is 0 Å². The number of allylic oxidation sites excluding steroid dienone is 4. The van der Waals surface area contributed by atoms with Crippen LogP contribution in [-0.2, 0) is 9.59 Å². The maximum Gasteiger partial charge on any atom is 0.161 e. The van der Waals surface area contributed by atoms with Crippen LogP contribution in [0.3, 0.4) is 0 Å². The van der Waals surface area contributed by atoms with Crippen molar-refractivity contribution in [2.45, 2.75) is 79.2 Å². The van der Waals surface area contributed by atoms with Crippen LogP contribution < -0.4 is 0 Å². The first-order valence-corrected chi connectivity index (χ1v) is 11.5. The molecule has 8 atom stereocenters. The van der Waals surface area contributed by atoms with E-state index in [1.807, 2.05) is 6.08 Å². The van der Waals surface area contributed by atoms with E-state index in [2.05, 4.69) is 40.7 Å². The molecule has 0 heterocycles. The van der Waals surface area contributed by atoms with Gasteiger partial charge in [-0.1, -0.05) is 52.3 Å². The SMILES string of the molecule is CC(=O)[C@@]1(O)CC[C@@]2(C)[C@]3(C)C=C(Cl)C4=CC(=O)[C@@H]5C[C@@H]5[C@@]4(C)[C@@]3(C)CC[C@@]21C. The Balaban J connectivity index is 1.78. The van der Waals surface area contributed by atoms with Crippen LogP contribution in [-0.4, -0.2) is 22.3 Å². The first-order chi connectivity index (χ1) is 13.2. The highest BCUT2D eigenvalue weighted by Crippen LogP contribution is 2.83. The molecule has 0 unspecified atom stereocenters. The first-order valence-electron chi connectivity index (χ1n) is 11.1. The Bertz CT molecular complexity index is 934. The molecule has 0 spiro atoms. The van der Waals surface area contributed by atoms with Crippen molar-refractivity contribution in [2.24, 2.45) is 38.9 Å². The van der Waals surface area contributed by atoms with E-state index in [1.54, 1.807) is 6.92 Å². The molecule has 4 heteroatoms. The van der Waals surface area contributed by atoms with E-state index in [0.717, 1.165) is 31.3 Å². The van der Waals surface area contributed by atoms with E-state index in [1.165, 1.54) is 0 Å². The van der Waals surface area contributed by atoms with Crippen molar-refractivity contribution in [1.29, 1.82) is 0 Å². The molecule has 0 saturated heterocycles. The minimum absolute atomic E-state index is 0.0966. The number of rotatable bonds is 1. The number of carbonyl (C=O) groups excluding carboxylic acids is 2. The lowest BCUT2D eigenvalue weighted by molar-refractivity contribution is -0.221. The predicted octanol–water partition coefficient (Wildman–Crippen LogP) is 5.21. The Kier molecular flexibility index (Phi) is 3.52. The van der Waals surface area contributed by atoms with Gasteiger partial charge in [0, 0.05) is 21.8 Å². The molecule has 0 radical (unpaired) electrons. The molecule has 0 aromatic heterocycles. The fourth-order valence-corrected chi connectivity index (χ4v) is 9.38. The number of halogens is 1. The smallest absolute Gasteiger partial charge is 0.161 e. The average Bonchev–Trinajstić information content (AvgIpc) is 3.42. The molecule has 0 amide bonds. The highest BCUT2D eigenvalue weighted by molar-refractivity contribution is 6.32. The van der Waals surface area contributed by atoms with Crippen molar-refractivity contribution >= 4 is 23.2 Å². The maximum absolute atomic E-state index is 12.6. The van der Waals surface area contributed by atoms with Crippen LogP contribution in [0.4, 0.5) is 0 Å². The largest absolute Gasteiger partial charge is 0.381 e. The molecule has 0 bridgehead atoms. The molecule has 5 rings (SSSR count). The average molecular weight is 417 g/mol. The van der Waals surface area contributed by atoms with Gasteiger partial charge in [-0.3, -0.25) is 9.59 Å². The van der Waals surface area contributed by atoms with Crippen molar-refractivity contribution in [3.05, 3.63) is 22.8 Å². The third-order valence-electron chi connectivity index (χ3n) is 11.7. The third-order valence-corrected chi connectivity index (χ3v) is 12.0. The molecule has 0 aliphatic heterocycles. The van der Waals surface area contributed by atoms with Crippen molar-refractivity contribution in [1.82, 2.24) is 0 Å². The van der Waals surface area contributed by atoms with Crippen LogP contribution in [0.15, 0.2) is 22.8 Å².